The Hall–Kier alpha value is -1.66. The van der Waals surface area contributed by atoms with Crippen LogP contribution in [0.2, 0.25) is 0 Å². The van der Waals surface area contributed by atoms with Crippen LogP contribution in [-0.4, -0.2) is 69.9 Å². The third-order valence-corrected chi connectivity index (χ3v) is 5.60. The molecule has 3 aliphatic rings. The molecule has 4 rings (SSSR count). The number of nitrogens with zero attached hydrogens (tertiary/aromatic N) is 5. The summed E-state index contributed by atoms with van der Waals surface area (Å²) in [6, 6.07) is 0. The maximum absolute atomic E-state index is 12.6. The number of amides is 1. The van der Waals surface area contributed by atoms with Gasteiger partial charge in [0.15, 0.2) is 0 Å². The zero-order chi connectivity index (χ0) is 16.5. The Morgan fingerprint density at radius 2 is 1.88 bits per heavy atom. The summed E-state index contributed by atoms with van der Waals surface area (Å²) in [5, 5.41) is 0. The quantitative estimate of drug-likeness (QED) is 0.774. The summed E-state index contributed by atoms with van der Waals surface area (Å²) < 4.78 is 2.33. The molecule has 0 unspecified atom stereocenters. The number of hydrogen-bond acceptors (Lipinski definition) is 4. The molecule has 0 spiro atoms. The summed E-state index contributed by atoms with van der Waals surface area (Å²) >= 11 is 0. The van der Waals surface area contributed by atoms with Crippen LogP contribution >= 0.6 is 0 Å². The van der Waals surface area contributed by atoms with Crippen LogP contribution in [0, 0.1) is 5.92 Å². The predicted molar refractivity (Wildman–Crippen MR) is 92.3 cm³/mol. The summed E-state index contributed by atoms with van der Waals surface area (Å²) in [5.41, 5.74) is 1.30. The van der Waals surface area contributed by atoms with Crippen LogP contribution < -0.4 is 0 Å². The van der Waals surface area contributed by atoms with E-state index in [4.69, 9.17) is 0 Å². The van der Waals surface area contributed by atoms with E-state index in [2.05, 4.69) is 38.6 Å². The molecule has 1 aliphatic carbocycles. The van der Waals surface area contributed by atoms with E-state index in [9.17, 15) is 4.79 Å². The van der Waals surface area contributed by atoms with Crippen molar-refractivity contribution in [3.05, 3.63) is 29.9 Å². The highest BCUT2D eigenvalue weighted by Crippen LogP contribution is 2.23. The van der Waals surface area contributed by atoms with E-state index >= 15 is 0 Å². The van der Waals surface area contributed by atoms with Crippen LogP contribution in [0.4, 0.5) is 0 Å². The number of carbonyl (C=O) groups excluding carboxylic acids is 1. The number of rotatable bonds is 3. The van der Waals surface area contributed by atoms with E-state index in [1.54, 1.807) is 0 Å². The molecule has 1 aromatic heterocycles. The number of imidazole rings is 1. The first-order valence-corrected chi connectivity index (χ1v) is 9.08. The molecule has 2 aliphatic heterocycles. The van der Waals surface area contributed by atoms with Gasteiger partial charge in [-0.05, 0) is 19.9 Å². The van der Waals surface area contributed by atoms with Crippen molar-refractivity contribution < 1.29 is 4.79 Å². The van der Waals surface area contributed by atoms with Crippen LogP contribution in [0.15, 0.2) is 18.3 Å². The van der Waals surface area contributed by atoms with E-state index in [0.717, 1.165) is 64.5 Å². The lowest BCUT2D eigenvalue weighted by molar-refractivity contribution is -0.136. The minimum atomic E-state index is 0.163. The lowest BCUT2D eigenvalue weighted by Crippen LogP contribution is -2.44. The van der Waals surface area contributed by atoms with Crippen LogP contribution in [0.5, 0.6) is 0 Å². The Morgan fingerprint density at radius 3 is 2.62 bits per heavy atom. The Balaban J connectivity index is 1.39. The van der Waals surface area contributed by atoms with Gasteiger partial charge >= 0.3 is 0 Å². The largest absolute Gasteiger partial charge is 0.333 e. The van der Waals surface area contributed by atoms with Gasteiger partial charge in [-0.25, -0.2) is 4.98 Å². The number of hydrogen-bond donors (Lipinski definition) is 0. The standard InChI is InChI=1S/C18H27N5O/c1-20-6-8-21(9-7-20)13-16-12-19-17-14-22(10-11-23(16)17)18(24)15-4-2-3-5-15/h2-3,12,15H,4-11,13-14H2,1H3. The molecule has 1 amide bonds. The van der Waals surface area contributed by atoms with Crippen LogP contribution in [0.25, 0.3) is 0 Å². The Morgan fingerprint density at radius 1 is 1.12 bits per heavy atom. The van der Waals surface area contributed by atoms with Gasteiger partial charge in [-0.3, -0.25) is 9.69 Å². The Labute approximate surface area is 143 Å². The molecule has 6 nitrogen and oxygen atoms in total. The smallest absolute Gasteiger partial charge is 0.226 e. The van der Waals surface area contributed by atoms with Crippen molar-refractivity contribution in [1.29, 1.82) is 0 Å². The molecule has 3 heterocycles. The van der Waals surface area contributed by atoms with Gasteiger partial charge in [0.25, 0.3) is 0 Å². The normalized spacial score (nSPS) is 23.0. The Kier molecular flexibility index (Phi) is 4.41. The topological polar surface area (TPSA) is 44.6 Å². The molecule has 0 atom stereocenters. The molecule has 24 heavy (non-hydrogen) atoms. The van der Waals surface area contributed by atoms with Crippen molar-refractivity contribution in [2.24, 2.45) is 5.92 Å². The number of likely N-dealkylation sites (N-methyl/N-ethyl adjacent to an activating group) is 1. The second kappa shape index (κ2) is 6.69. The van der Waals surface area contributed by atoms with E-state index in [1.807, 2.05) is 11.1 Å². The molecule has 0 aromatic carbocycles. The third-order valence-electron chi connectivity index (χ3n) is 5.60. The van der Waals surface area contributed by atoms with Gasteiger partial charge in [0, 0.05) is 57.9 Å². The maximum atomic E-state index is 12.6. The lowest BCUT2D eigenvalue weighted by Gasteiger charge is -2.33. The molecular weight excluding hydrogens is 302 g/mol. The summed E-state index contributed by atoms with van der Waals surface area (Å²) in [6.45, 7) is 7.85. The van der Waals surface area contributed by atoms with Gasteiger partial charge in [-0.1, -0.05) is 12.2 Å². The number of fused-ring (bicyclic) bond motifs is 1. The van der Waals surface area contributed by atoms with Crippen LogP contribution in [0.3, 0.4) is 0 Å². The lowest BCUT2D eigenvalue weighted by atomic mass is 10.1. The third kappa shape index (κ3) is 3.13. The monoisotopic (exact) mass is 329 g/mol. The highest BCUT2D eigenvalue weighted by atomic mass is 16.2. The molecule has 1 saturated heterocycles. The van der Waals surface area contributed by atoms with E-state index in [-0.39, 0.29) is 5.92 Å². The second-order valence-electron chi connectivity index (χ2n) is 7.30. The molecule has 1 fully saturated rings. The molecule has 130 valence electrons. The number of aromatic nitrogens is 2. The van der Waals surface area contributed by atoms with Crippen molar-refractivity contribution >= 4 is 5.91 Å². The molecular formula is C18H27N5O. The average Bonchev–Trinajstić information content (AvgIpc) is 3.26. The minimum Gasteiger partial charge on any atom is -0.333 e. The fraction of sp³-hybridized carbons (Fsp3) is 0.667. The predicted octanol–water partition coefficient (Wildman–Crippen LogP) is 0.939. The second-order valence-corrected chi connectivity index (χ2v) is 7.30. The molecule has 1 aromatic rings. The molecule has 0 bridgehead atoms. The summed E-state index contributed by atoms with van der Waals surface area (Å²) in [5.74, 6) is 1.51. The number of allylic oxidation sites excluding steroid dienone is 2. The fourth-order valence-corrected chi connectivity index (χ4v) is 3.95. The Bertz CT molecular complexity index is 621. The number of piperazine rings is 1. The van der Waals surface area contributed by atoms with E-state index in [0.29, 0.717) is 12.5 Å². The van der Waals surface area contributed by atoms with Gasteiger partial charge in [-0.2, -0.15) is 0 Å². The van der Waals surface area contributed by atoms with Gasteiger partial charge in [-0.15, -0.1) is 0 Å². The van der Waals surface area contributed by atoms with Gasteiger partial charge in [0.05, 0.1) is 12.2 Å². The first-order chi connectivity index (χ1) is 11.7. The average molecular weight is 329 g/mol. The van der Waals surface area contributed by atoms with Crippen LogP contribution in [-0.2, 0) is 24.4 Å². The zero-order valence-corrected chi connectivity index (χ0v) is 14.5. The SMILES string of the molecule is CN1CCN(Cc2cnc3n2CCN(C(=O)C2CC=CC2)C3)CC1. The maximum Gasteiger partial charge on any atom is 0.226 e. The van der Waals surface area contributed by atoms with Crippen LogP contribution in [0.1, 0.15) is 24.4 Å². The van der Waals surface area contributed by atoms with Gasteiger partial charge in [0.1, 0.15) is 5.82 Å². The molecule has 6 heteroatoms. The summed E-state index contributed by atoms with van der Waals surface area (Å²) in [6.07, 6.45) is 8.07. The number of carbonyl (C=O) groups is 1. The van der Waals surface area contributed by atoms with Gasteiger partial charge < -0.3 is 14.4 Å². The summed E-state index contributed by atoms with van der Waals surface area (Å²) in [4.78, 5) is 24.1. The molecule has 0 saturated carbocycles. The van der Waals surface area contributed by atoms with E-state index in [1.165, 1.54) is 5.69 Å². The molecule has 0 radical (unpaired) electrons. The first-order valence-electron chi connectivity index (χ1n) is 9.08. The van der Waals surface area contributed by atoms with Gasteiger partial charge in [0.2, 0.25) is 5.91 Å². The van der Waals surface area contributed by atoms with Crippen molar-refractivity contribution in [2.45, 2.75) is 32.5 Å². The van der Waals surface area contributed by atoms with Crippen molar-refractivity contribution in [3.63, 3.8) is 0 Å². The fourth-order valence-electron chi connectivity index (χ4n) is 3.95. The highest BCUT2D eigenvalue weighted by molar-refractivity contribution is 5.79. The highest BCUT2D eigenvalue weighted by Gasteiger charge is 2.29. The molecule has 0 N–H and O–H groups in total. The van der Waals surface area contributed by atoms with E-state index < -0.39 is 0 Å². The zero-order valence-electron chi connectivity index (χ0n) is 14.5. The van der Waals surface area contributed by atoms with Crippen molar-refractivity contribution in [1.82, 2.24) is 24.3 Å². The summed E-state index contributed by atoms with van der Waals surface area (Å²) in [7, 11) is 2.18. The minimum absolute atomic E-state index is 0.163. The van der Waals surface area contributed by atoms with Crippen molar-refractivity contribution in [2.75, 3.05) is 39.8 Å². The first kappa shape index (κ1) is 15.8. The van der Waals surface area contributed by atoms with Crippen molar-refractivity contribution in [3.8, 4) is 0 Å².